The Balaban J connectivity index is 2.98. The summed E-state index contributed by atoms with van der Waals surface area (Å²) in [6.07, 6.45) is 0. The molecule has 0 saturated heterocycles. The zero-order valence-corrected chi connectivity index (χ0v) is 9.10. The maximum atomic E-state index is 11.2. The Morgan fingerprint density at radius 1 is 1.25 bits per heavy atom. The third kappa shape index (κ3) is 2.58. The zero-order chi connectivity index (χ0) is 12.1. The number of benzene rings is 1. The molecule has 5 heteroatoms. The van der Waals surface area contributed by atoms with Crippen LogP contribution in [0, 0.1) is 0 Å². The smallest absolute Gasteiger partial charge is 0.337 e. The summed E-state index contributed by atoms with van der Waals surface area (Å²) in [7, 11) is 2.54. The Morgan fingerprint density at radius 2 is 1.94 bits per heavy atom. The highest BCUT2D eigenvalue weighted by Gasteiger charge is 2.17. The molecule has 0 aliphatic rings. The molecule has 1 aromatic carbocycles. The van der Waals surface area contributed by atoms with E-state index in [0.29, 0.717) is 11.1 Å². The highest BCUT2D eigenvalue weighted by molar-refractivity contribution is 5.90. The fourth-order valence-corrected chi connectivity index (χ4v) is 1.24. The molecule has 0 saturated carbocycles. The average molecular weight is 223 g/mol. The van der Waals surface area contributed by atoms with E-state index >= 15 is 0 Å². The number of ether oxygens (including phenoxy) is 2. The van der Waals surface area contributed by atoms with Gasteiger partial charge in [-0.1, -0.05) is 12.1 Å². The molecule has 16 heavy (non-hydrogen) atoms. The van der Waals surface area contributed by atoms with Crippen molar-refractivity contribution in [2.45, 2.75) is 6.04 Å². The lowest BCUT2D eigenvalue weighted by Gasteiger charge is -2.10. The van der Waals surface area contributed by atoms with Gasteiger partial charge in [0, 0.05) is 0 Å². The minimum absolute atomic E-state index is 0.347. The van der Waals surface area contributed by atoms with E-state index in [9.17, 15) is 9.59 Å². The summed E-state index contributed by atoms with van der Waals surface area (Å²) in [6, 6.07) is 5.47. The van der Waals surface area contributed by atoms with Crippen LogP contribution in [0.5, 0.6) is 0 Å². The van der Waals surface area contributed by atoms with Crippen LogP contribution in [0.3, 0.4) is 0 Å². The zero-order valence-electron chi connectivity index (χ0n) is 9.10. The SMILES string of the molecule is COC(=O)c1cccc([C@@H](N)C(=O)OC)c1. The van der Waals surface area contributed by atoms with E-state index in [-0.39, 0.29) is 0 Å². The van der Waals surface area contributed by atoms with E-state index in [1.165, 1.54) is 20.3 Å². The molecule has 0 fully saturated rings. The topological polar surface area (TPSA) is 78.6 Å². The summed E-state index contributed by atoms with van der Waals surface area (Å²) in [4.78, 5) is 22.4. The van der Waals surface area contributed by atoms with Crippen molar-refractivity contribution in [3.63, 3.8) is 0 Å². The van der Waals surface area contributed by atoms with E-state index < -0.39 is 18.0 Å². The second-order valence-electron chi connectivity index (χ2n) is 3.12. The van der Waals surface area contributed by atoms with Gasteiger partial charge >= 0.3 is 11.9 Å². The van der Waals surface area contributed by atoms with Crippen LogP contribution >= 0.6 is 0 Å². The van der Waals surface area contributed by atoms with Gasteiger partial charge in [0.25, 0.3) is 0 Å². The Kier molecular flexibility index (Phi) is 4.02. The van der Waals surface area contributed by atoms with Gasteiger partial charge in [-0.2, -0.15) is 0 Å². The highest BCUT2D eigenvalue weighted by Crippen LogP contribution is 2.14. The standard InChI is InChI=1S/C11H13NO4/c1-15-10(13)8-5-3-4-7(6-8)9(12)11(14)16-2/h3-6,9H,12H2,1-2H3/t9-/m1/s1. The molecular weight excluding hydrogens is 210 g/mol. The van der Waals surface area contributed by atoms with Crippen molar-refractivity contribution in [1.29, 1.82) is 0 Å². The molecule has 1 atom stereocenters. The predicted octanol–water partition coefficient (Wildman–Crippen LogP) is 0.646. The Bertz CT molecular complexity index is 403. The minimum atomic E-state index is -0.894. The largest absolute Gasteiger partial charge is 0.468 e. The van der Waals surface area contributed by atoms with Gasteiger partial charge < -0.3 is 15.2 Å². The van der Waals surface area contributed by atoms with Crippen LogP contribution in [0.2, 0.25) is 0 Å². The normalized spacial score (nSPS) is 11.7. The number of hydrogen-bond donors (Lipinski definition) is 1. The van der Waals surface area contributed by atoms with Crippen molar-refractivity contribution in [2.75, 3.05) is 14.2 Å². The summed E-state index contributed by atoms with van der Waals surface area (Å²) in [5.74, 6) is -1.03. The maximum Gasteiger partial charge on any atom is 0.337 e. The number of carbonyl (C=O) groups is 2. The molecule has 1 aromatic rings. The van der Waals surface area contributed by atoms with Gasteiger partial charge in [-0.3, -0.25) is 4.79 Å². The monoisotopic (exact) mass is 223 g/mol. The van der Waals surface area contributed by atoms with E-state index in [2.05, 4.69) is 9.47 Å². The molecule has 0 amide bonds. The molecule has 0 spiro atoms. The molecule has 2 N–H and O–H groups in total. The second kappa shape index (κ2) is 5.27. The van der Waals surface area contributed by atoms with Gasteiger partial charge in [-0.25, -0.2) is 4.79 Å². The van der Waals surface area contributed by atoms with Gasteiger partial charge in [0.1, 0.15) is 6.04 Å². The minimum Gasteiger partial charge on any atom is -0.468 e. The van der Waals surface area contributed by atoms with Crippen molar-refractivity contribution in [2.24, 2.45) is 5.73 Å². The van der Waals surface area contributed by atoms with Gasteiger partial charge in [0.2, 0.25) is 0 Å². The van der Waals surface area contributed by atoms with Crippen LogP contribution in [-0.2, 0) is 14.3 Å². The lowest BCUT2D eigenvalue weighted by Crippen LogP contribution is -2.22. The Labute approximate surface area is 93.1 Å². The third-order valence-corrected chi connectivity index (χ3v) is 2.12. The van der Waals surface area contributed by atoms with Crippen molar-refractivity contribution >= 4 is 11.9 Å². The van der Waals surface area contributed by atoms with Crippen molar-refractivity contribution in [1.82, 2.24) is 0 Å². The lowest BCUT2D eigenvalue weighted by atomic mass is 10.0. The molecule has 1 rings (SSSR count). The summed E-state index contributed by atoms with van der Waals surface area (Å²) in [6.45, 7) is 0. The van der Waals surface area contributed by atoms with Crippen molar-refractivity contribution in [3.05, 3.63) is 35.4 Å². The van der Waals surface area contributed by atoms with E-state index in [1.807, 2.05) is 0 Å². The molecule has 0 unspecified atom stereocenters. The first kappa shape index (κ1) is 12.2. The average Bonchev–Trinajstić information content (AvgIpc) is 2.36. The molecule has 0 bridgehead atoms. The molecule has 0 aromatic heterocycles. The number of methoxy groups -OCH3 is 2. The summed E-state index contributed by atoms with van der Waals surface area (Å²) in [5.41, 5.74) is 6.49. The van der Waals surface area contributed by atoms with E-state index in [1.54, 1.807) is 18.2 Å². The first-order valence-electron chi connectivity index (χ1n) is 4.62. The van der Waals surface area contributed by atoms with Crippen LogP contribution in [0.15, 0.2) is 24.3 Å². The van der Waals surface area contributed by atoms with Gasteiger partial charge in [-0.05, 0) is 17.7 Å². The molecule has 86 valence electrons. The summed E-state index contributed by atoms with van der Waals surface area (Å²) >= 11 is 0. The van der Waals surface area contributed by atoms with Crippen LogP contribution < -0.4 is 5.73 Å². The number of esters is 2. The summed E-state index contributed by atoms with van der Waals surface area (Å²) < 4.78 is 9.07. The maximum absolute atomic E-state index is 11.2. The molecule has 0 heterocycles. The number of carbonyl (C=O) groups excluding carboxylic acids is 2. The highest BCUT2D eigenvalue weighted by atomic mass is 16.5. The molecular formula is C11H13NO4. The number of hydrogen-bond acceptors (Lipinski definition) is 5. The van der Waals surface area contributed by atoms with E-state index in [0.717, 1.165) is 0 Å². The van der Waals surface area contributed by atoms with Crippen molar-refractivity contribution in [3.8, 4) is 0 Å². The van der Waals surface area contributed by atoms with Gasteiger partial charge in [0.05, 0.1) is 19.8 Å². The predicted molar refractivity (Wildman–Crippen MR) is 56.7 cm³/mol. The molecule has 0 aliphatic carbocycles. The number of nitrogens with two attached hydrogens (primary N) is 1. The Hall–Kier alpha value is -1.88. The quantitative estimate of drug-likeness (QED) is 0.761. The number of rotatable bonds is 3. The molecule has 5 nitrogen and oxygen atoms in total. The second-order valence-corrected chi connectivity index (χ2v) is 3.12. The molecule has 0 aliphatic heterocycles. The van der Waals surface area contributed by atoms with Crippen LogP contribution in [0.25, 0.3) is 0 Å². The van der Waals surface area contributed by atoms with Crippen LogP contribution in [-0.4, -0.2) is 26.2 Å². The Morgan fingerprint density at radius 3 is 2.50 bits per heavy atom. The van der Waals surface area contributed by atoms with Gasteiger partial charge in [-0.15, -0.1) is 0 Å². The lowest BCUT2D eigenvalue weighted by molar-refractivity contribution is -0.142. The van der Waals surface area contributed by atoms with E-state index in [4.69, 9.17) is 5.73 Å². The van der Waals surface area contributed by atoms with Crippen LogP contribution in [0.1, 0.15) is 22.0 Å². The first-order valence-corrected chi connectivity index (χ1v) is 4.62. The fourth-order valence-electron chi connectivity index (χ4n) is 1.24. The van der Waals surface area contributed by atoms with Gasteiger partial charge in [0.15, 0.2) is 0 Å². The molecule has 0 radical (unpaired) electrons. The van der Waals surface area contributed by atoms with Crippen LogP contribution in [0.4, 0.5) is 0 Å². The third-order valence-electron chi connectivity index (χ3n) is 2.12. The first-order chi connectivity index (χ1) is 7.60. The fraction of sp³-hybridized carbons (Fsp3) is 0.273. The van der Waals surface area contributed by atoms with Crippen molar-refractivity contribution < 1.29 is 19.1 Å². The summed E-state index contributed by atoms with van der Waals surface area (Å²) in [5, 5.41) is 0.